The van der Waals surface area contributed by atoms with Crippen molar-refractivity contribution in [2.24, 2.45) is 0 Å². The molecule has 2 rings (SSSR count). The summed E-state index contributed by atoms with van der Waals surface area (Å²) in [5.74, 6) is -0.777. The van der Waals surface area contributed by atoms with Gasteiger partial charge in [-0.05, 0) is 32.6 Å². The summed E-state index contributed by atoms with van der Waals surface area (Å²) in [5, 5.41) is 0.668. The molecule has 1 aromatic carbocycles. The molecule has 18 heavy (non-hydrogen) atoms. The van der Waals surface area contributed by atoms with Gasteiger partial charge in [-0.25, -0.2) is 4.39 Å². The van der Waals surface area contributed by atoms with E-state index in [4.69, 9.17) is 4.42 Å². The van der Waals surface area contributed by atoms with E-state index >= 15 is 0 Å². The first kappa shape index (κ1) is 12.8. The second-order valence-corrected chi connectivity index (χ2v) is 4.52. The van der Waals surface area contributed by atoms with Crippen LogP contribution in [-0.2, 0) is 0 Å². The monoisotopic (exact) mass is 249 g/mol. The predicted molar refractivity (Wildman–Crippen MR) is 68.3 cm³/mol. The van der Waals surface area contributed by atoms with Crippen molar-refractivity contribution in [3.63, 3.8) is 0 Å². The molecule has 1 aromatic heterocycles. The molecule has 0 aliphatic heterocycles. The summed E-state index contributed by atoms with van der Waals surface area (Å²) in [6.07, 6.45) is 2.06. The van der Waals surface area contributed by atoms with E-state index < -0.39 is 5.82 Å². The molecule has 1 unspecified atom stereocenters. The zero-order valence-electron chi connectivity index (χ0n) is 10.7. The zero-order chi connectivity index (χ0) is 13.3. The van der Waals surface area contributed by atoms with E-state index in [2.05, 4.69) is 0 Å². The summed E-state index contributed by atoms with van der Waals surface area (Å²) in [4.78, 5) is 14.1. The number of likely N-dealkylation sites (N-methyl/N-ethyl adjacent to an activating group) is 1. The molecule has 3 nitrogen and oxygen atoms in total. The van der Waals surface area contributed by atoms with E-state index in [9.17, 15) is 9.18 Å². The molecule has 0 radical (unpaired) electrons. The molecule has 0 aliphatic rings. The lowest BCUT2D eigenvalue weighted by molar-refractivity contribution is 0.0867. The molecule has 0 saturated heterocycles. The second-order valence-electron chi connectivity index (χ2n) is 4.52. The lowest BCUT2D eigenvalue weighted by Gasteiger charge is -2.21. The number of halogens is 1. The van der Waals surface area contributed by atoms with Crippen LogP contribution in [0.3, 0.4) is 0 Å². The SMILES string of the molecule is CCC(C(=O)c1ccc2ccoc2c1F)N(C)C. The highest BCUT2D eigenvalue weighted by Crippen LogP contribution is 2.23. The first-order valence-electron chi connectivity index (χ1n) is 5.92. The Morgan fingerprint density at radius 1 is 1.39 bits per heavy atom. The Balaban J connectivity index is 2.47. The summed E-state index contributed by atoms with van der Waals surface area (Å²) < 4.78 is 19.3. The minimum Gasteiger partial charge on any atom is -0.461 e. The lowest BCUT2D eigenvalue weighted by Crippen LogP contribution is -2.35. The average Bonchev–Trinajstić information content (AvgIpc) is 2.78. The minimum atomic E-state index is -0.567. The summed E-state index contributed by atoms with van der Waals surface area (Å²) >= 11 is 0. The van der Waals surface area contributed by atoms with Crippen LogP contribution in [-0.4, -0.2) is 30.8 Å². The Morgan fingerprint density at radius 3 is 2.72 bits per heavy atom. The summed E-state index contributed by atoms with van der Waals surface area (Å²) in [6, 6.07) is 4.60. The molecular weight excluding hydrogens is 233 g/mol. The highest BCUT2D eigenvalue weighted by Gasteiger charge is 2.24. The van der Waals surface area contributed by atoms with Gasteiger partial charge in [0, 0.05) is 5.39 Å². The van der Waals surface area contributed by atoms with E-state index in [0.717, 1.165) is 0 Å². The number of hydrogen-bond acceptors (Lipinski definition) is 3. The normalized spacial score (nSPS) is 13.2. The number of hydrogen-bond donors (Lipinski definition) is 0. The number of Topliss-reactive ketones (excluding diaryl/α,β-unsaturated/α-hetero) is 1. The number of carbonyl (C=O) groups excluding carboxylic acids is 1. The largest absolute Gasteiger partial charge is 0.461 e. The molecule has 0 fully saturated rings. The Labute approximate surface area is 105 Å². The number of ketones is 1. The molecule has 0 N–H and O–H groups in total. The molecule has 2 aromatic rings. The molecule has 1 heterocycles. The number of rotatable bonds is 4. The van der Waals surface area contributed by atoms with Crippen LogP contribution >= 0.6 is 0 Å². The van der Waals surface area contributed by atoms with Gasteiger partial charge >= 0.3 is 0 Å². The van der Waals surface area contributed by atoms with Crippen molar-refractivity contribution in [1.82, 2.24) is 4.90 Å². The zero-order valence-corrected chi connectivity index (χ0v) is 10.7. The fraction of sp³-hybridized carbons (Fsp3) is 0.357. The van der Waals surface area contributed by atoms with Crippen molar-refractivity contribution in [2.45, 2.75) is 19.4 Å². The van der Waals surface area contributed by atoms with Gasteiger partial charge in [0.2, 0.25) is 0 Å². The van der Waals surface area contributed by atoms with E-state index in [-0.39, 0.29) is 23.0 Å². The van der Waals surface area contributed by atoms with Crippen LogP contribution in [0.25, 0.3) is 11.0 Å². The van der Waals surface area contributed by atoms with Crippen LogP contribution in [0.1, 0.15) is 23.7 Å². The molecular formula is C14H16FNO2. The van der Waals surface area contributed by atoms with Gasteiger partial charge in [0.15, 0.2) is 17.2 Å². The summed E-state index contributed by atoms with van der Waals surface area (Å²) in [6.45, 7) is 1.91. The number of furan rings is 1. The van der Waals surface area contributed by atoms with Crippen molar-refractivity contribution < 1.29 is 13.6 Å². The van der Waals surface area contributed by atoms with Crippen LogP contribution in [0.5, 0.6) is 0 Å². The fourth-order valence-electron chi connectivity index (χ4n) is 2.15. The van der Waals surface area contributed by atoms with E-state index in [1.165, 1.54) is 12.3 Å². The van der Waals surface area contributed by atoms with Crippen LogP contribution < -0.4 is 0 Å². The van der Waals surface area contributed by atoms with E-state index in [1.807, 2.05) is 21.0 Å². The van der Waals surface area contributed by atoms with Gasteiger partial charge in [-0.2, -0.15) is 0 Å². The summed E-state index contributed by atoms with van der Waals surface area (Å²) in [5.41, 5.74) is 0.243. The van der Waals surface area contributed by atoms with Crippen molar-refractivity contribution >= 4 is 16.8 Å². The van der Waals surface area contributed by atoms with E-state index in [0.29, 0.717) is 11.8 Å². The van der Waals surface area contributed by atoms with Crippen LogP contribution in [0.4, 0.5) is 4.39 Å². The van der Waals surface area contributed by atoms with Crippen LogP contribution in [0.15, 0.2) is 28.9 Å². The van der Waals surface area contributed by atoms with Crippen molar-refractivity contribution in [3.05, 3.63) is 35.8 Å². The molecule has 0 amide bonds. The molecule has 0 bridgehead atoms. The standard InChI is InChI=1S/C14H16FNO2/c1-4-11(16(2)3)13(17)10-6-5-9-7-8-18-14(9)12(10)15/h5-8,11H,4H2,1-3H3. The fourth-order valence-corrected chi connectivity index (χ4v) is 2.15. The Hall–Kier alpha value is -1.68. The molecule has 4 heteroatoms. The molecule has 1 atom stereocenters. The van der Waals surface area contributed by atoms with E-state index in [1.54, 1.807) is 17.0 Å². The molecule has 0 spiro atoms. The Kier molecular flexibility index (Phi) is 3.48. The number of nitrogens with zero attached hydrogens (tertiary/aromatic N) is 1. The van der Waals surface area contributed by atoms with Crippen molar-refractivity contribution in [2.75, 3.05) is 14.1 Å². The highest BCUT2D eigenvalue weighted by atomic mass is 19.1. The van der Waals surface area contributed by atoms with Crippen LogP contribution in [0, 0.1) is 5.82 Å². The first-order chi connectivity index (χ1) is 8.56. The van der Waals surface area contributed by atoms with Gasteiger partial charge in [-0.15, -0.1) is 0 Å². The molecule has 96 valence electrons. The average molecular weight is 249 g/mol. The van der Waals surface area contributed by atoms with Crippen LogP contribution in [0.2, 0.25) is 0 Å². The smallest absolute Gasteiger partial charge is 0.183 e. The number of carbonyl (C=O) groups is 1. The lowest BCUT2D eigenvalue weighted by atomic mass is 10.00. The third-order valence-electron chi connectivity index (χ3n) is 3.14. The van der Waals surface area contributed by atoms with Gasteiger partial charge in [-0.3, -0.25) is 9.69 Å². The van der Waals surface area contributed by atoms with Crippen molar-refractivity contribution in [3.8, 4) is 0 Å². The maximum atomic E-state index is 14.2. The first-order valence-corrected chi connectivity index (χ1v) is 5.92. The maximum absolute atomic E-state index is 14.2. The van der Waals surface area contributed by atoms with Crippen molar-refractivity contribution in [1.29, 1.82) is 0 Å². The third-order valence-corrected chi connectivity index (χ3v) is 3.14. The number of fused-ring (bicyclic) bond motifs is 1. The topological polar surface area (TPSA) is 33.5 Å². The molecule has 0 aliphatic carbocycles. The van der Waals surface area contributed by atoms with Gasteiger partial charge in [-0.1, -0.05) is 13.0 Å². The predicted octanol–water partition coefficient (Wildman–Crippen LogP) is 3.09. The third kappa shape index (κ3) is 2.04. The quantitative estimate of drug-likeness (QED) is 0.781. The Morgan fingerprint density at radius 2 is 2.11 bits per heavy atom. The second kappa shape index (κ2) is 4.90. The highest BCUT2D eigenvalue weighted by molar-refractivity contribution is 6.02. The maximum Gasteiger partial charge on any atom is 0.183 e. The van der Waals surface area contributed by atoms with Gasteiger partial charge in [0.1, 0.15) is 0 Å². The van der Waals surface area contributed by atoms with Gasteiger partial charge < -0.3 is 4.42 Å². The van der Waals surface area contributed by atoms with Gasteiger partial charge in [0.25, 0.3) is 0 Å². The Bertz CT molecular complexity index is 574. The van der Waals surface area contributed by atoms with Gasteiger partial charge in [0.05, 0.1) is 17.9 Å². The minimum absolute atomic E-state index is 0.0954. The molecule has 0 saturated carbocycles. The number of benzene rings is 1. The summed E-state index contributed by atoms with van der Waals surface area (Å²) in [7, 11) is 3.63.